The lowest BCUT2D eigenvalue weighted by molar-refractivity contribution is -0.127. The van der Waals surface area contributed by atoms with Crippen molar-refractivity contribution in [3.05, 3.63) is 0 Å². The van der Waals surface area contributed by atoms with Gasteiger partial charge in [-0.15, -0.1) is 0 Å². The molecule has 0 spiro atoms. The van der Waals surface area contributed by atoms with Gasteiger partial charge < -0.3 is 15.3 Å². The van der Waals surface area contributed by atoms with E-state index < -0.39 is 0 Å². The van der Waals surface area contributed by atoms with Crippen molar-refractivity contribution in [1.29, 1.82) is 0 Å². The Bertz CT molecular complexity index is 195. The molecular formula is C10H20N2O2. The minimum Gasteiger partial charge on any atom is -0.393 e. The van der Waals surface area contributed by atoms with E-state index in [0.717, 1.165) is 25.8 Å². The molecule has 0 bridgehead atoms. The highest BCUT2D eigenvalue weighted by Gasteiger charge is 2.24. The van der Waals surface area contributed by atoms with Gasteiger partial charge in [-0.05, 0) is 18.8 Å². The molecule has 4 nitrogen and oxygen atoms in total. The first-order valence-electron chi connectivity index (χ1n) is 5.20. The Morgan fingerprint density at radius 3 is 2.71 bits per heavy atom. The van der Waals surface area contributed by atoms with E-state index in [1.807, 2.05) is 0 Å². The third-order valence-corrected chi connectivity index (χ3v) is 2.80. The normalized spacial score (nSPS) is 26.5. The van der Waals surface area contributed by atoms with Crippen molar-refractivity contribution in [2.24, 2.45) is 5.92 Å². The summed E-state index contributed by atoms with van der Waals surface area (Å²) in [7, 11) is 3.49. The van der Waals surface area contributed by atoms with E-state index in [9.17, 15) is 9.90 Å². The van der Waals surface area contributed by atoms with Crippen LogP contribution in [0.1, 0.15) is 19.3 Å². The van der Waals surface area contributed by atoms with Crippen LogP contribution in [0.25, 0.3) is 0 Å². The van der Waals surface area contributed by atoms with Crippen molar-refractivity contribution in [2.75, 3.05) is 27.2 Å². The molecule has 2 N–H and O–H groups in total. The molecule has 14 heavy (non-hydrogen) atoms. The Balaban J connectivity index is 2.12. The minimum absolute atomic E-state index is 0.0810. The van der Waals surface area contributed by atoms with E-state index >= 15 is 0 Å². The summed E-state index contributed by atoms with van der Waals surface area (Å²) in [4.78, 5) is 12.8. The summed E-state index contributed by atoms with van der Waals surface area (Å²) in [5, 5.41) is 12.6. The van der Waals surface area contributed by atoms with E-state index in [-0.39, 0.29) is 12.0 Å². The van der Waals surface area contributed by atoms with Crippen LogP contribution in [0, 0.1) is 5.92 Å². The summed E-state index contributed by atoms with van der Waals surface area (Å²) < 4.78 is 0. The molecule has 0 aliphatic heterocycles. The Morgan fingerprint density at radius 2 is 2.21 bits per heavy atom. The number of rotatable bonds is 4. The molecule has 1 fully saturated rings. The van der Waals surface area contributed by atoms with Crippen molar-refractivity contribution < 1.29 is 9.90 Å². The number of nitrogens with one attached hydrogen (secondary N) is 1. The topological polar surface area (TPSA) is 52.6 Å². The molecule has 1 aliphatic carbocycles. The molecule has 1 aliphatic rings. The van der Waals surface area contributed by atoms with E-state index in [1.165, 1.54) is 0 Å². The number of carbonyl (C=O) groups excluding carboxylic acids is 1. The highest BCUT2D eigenvalue weighted by molar-refractivity contribution is 5.77. The predicted molar refractivity (Wildman–Crippen MR) is 54.9 cm³/mol. The Morgan fingerprint density at radius 1 is 1.50 bits per heavy atom. The van der Waals surface area contributed by atoms with Gasteiger partial charge in [0.05, 0.1) is 12.6 Å². The van der Waals surface area contributed by atoms with Crippen LogP contribution in [0.2, 0.25) is 0 Å². The van der Waals surface area contributed by atoms with Crippen molar-refractivity contribution in [3.63, 3.8) is 0 Å². The first-order valence-corrected chi connectivity index (χ1v) is 5.20. The SMILES string of the molecule is CN(C)C(=O)CNCC1CCCC1O. The summed E-state index contributed by atoms with van der Waals surface area (Å²) in [6.07, 6.45) is 2.92. The number of nitrogens with zero attached hydrogens (tertiary/aromatic N) is 1. The minimum atomic E-state index is -0.169. The van der Waals surface area contributed by atoms with Crippen LogP contribution in [0.15, 0.2) is 0 Å². The zero-order valence-corrected chi connectivity index (χ0v) is 8.99. The van der Waals surface area contributed by atoms with Crippen LogP contribution >= 0.6 is 0 Å². The first kappa shape index (κ1) is 11.5. The van der Waals surface area contributed by atoms with Gasteiger partial charge in [0.1, 0.15) is 0 Å². The van der Waals surface area contributed by atoms with Crippen molar-refractivity contribution in [2.45, 2.75) is 25.4 Å². The molecule has 0 heterocycles. The van der Waals surface area contributed by atoms with Crippen LogP contribution in [0.4, 0.5) is 0 Å². The fourth-order valence-electron chi connectivity index (χ4n) is 1.78. The molecule has 4 heteroatoms. The fourth-order valence-corrected chi connectivity index (χ4v) is 1.78. The van der Waals surface area contributed by atoms with E-state index in [2.05, 4.69) is 5.32 Å². The van der Waals surface area contributed by atoms with Gasteiger partial charge in [-0.2, -0.15) is 0 Å². The van der Waals surface area contributed by atoms with Gasteiger partial charge in [-0.3, -0.25) is 4.79 Å². The molecule has 0 saturated heterocycles. The molecule has 82 valence electrons. The van der Waals surface area contributed by atoms with Crippen molar-refractivity contribution >= 4 is 5.91 Å². The second kappa shape index (κ2) is 5.32. The number of amides is 1. The number of aliphatic hydroxyl groups is 1. The summed E-state index contributed by atoms with van der Waals surface area (Å²) in [5.74, 6) is 0.419. The molecule has 0 aromatic rings. The molecule has 1 amide bonds. The second-order valence-electron chi connectivity index (χ2n) is 4.18. The zero-order chi connectivity index (χ0) is 10.6. The van der Waals surface area contributed by atoms with Gasteiger partial charge in [-0.25, -0.2) is 0 Å². The number of hydrogen-bond acceptors (Lipinski definition) is 3. The quantitative estimate of drug-likeness (QED) is 0.662. The van der Waals surface area contributed by atoms with Gasteiger partial charge in [0.15, 0.2) is 0 Å². The molecular weight excluding hydrogens is 180 g/mol. The number of aliphatic hydroxyl groups excluding tert-OH is 1. The molecule has 2 atom stereocenters. The first-order chi connectivity index (χ1) is 6.61. The zero-order valence-electron chi connectivity index (χ0n) is 8.99. The molecule has 0 radical (unpaired) electrons. The van der Waals surface area contributed by atoms with Crippen LogP contribution in [0.3, 0.4) is 0 Å². The average molecular weight is 200 g/mol. The monoisotopic (exact) mass is 200 g/mol. The van der Waals surface area contributed by atoms with Gasteiger partial charge in [0.2, 0.25) is 5.91 Å². The van der Waals surface area contributed by atoms with E-state index in [1.54, 1.807) is 19.0 Å². The summed E-state index contributed by atoms with van der Waals surface area (Å²) in [6.45, 7) is 1.12. The maximum atomic E-state index is 11.2. The fraction of sp³-hybridized carbons (Fsp3) is 0.900. The summed E-state index contributed by atoms with van der Waals surface area (Å²) in [5.41, 5.74) is 0. The molecule has 2 unspecified atom stereocenters. The predicted octanol–water partition coefficient (Wildman–Crippen LogP) is -0.175. The standard InChI is InChI=1S/C10H20N2O2/c1-12(2)10(14)7-11-6-8-4-3-5-9(8)13/h8-9,11,13H,3-7H2,1-2H3. The van der Waals surface area contributed by atoms with Crippen molar-refractivity contribution in [3.8, 4) is 0 Å². The smallest absolute Gasteiger partial charge is 0.236 e. The molecule has 1 rings (SSSR count). The molecule has 1 saturated carbocycles. The number of likely N-dealkylation sites (N-methyl/N-ethyl adjacent to an activating group) is 1. The van der Waals surface area contributed by atoms with Crippen LogP contribution < -0.4 is 5.32 Å². The van der Waals surface area contributed by atoms with Crippen LogP contribution in [-0.4, -0.2) is 49.2 Å². The Kier molecular flexibility index (Phi) is 4.35. The molecule has 0 aromatic heterocycles. The third kappa shape index (κ3) is 3.27. The number of hydrogen-bond donors (Lipinski definition) is 2. The van der Waals surface area contributed by atoms with Crippen LogP contribution in [0.5, 0.6) is 0 Å². The Hall–Kier alpha value is -0.610. The highest BCUT2D eigenvalue weighted by Crippen LogP contribution is 2.24. The van der Waals surface area contributed by atoms with Gasteiger partial charge in [0, 0.05) is 20.6 Å². The highest BCUT2D eigenvalue weighted by atomic mass is 16.3. The second-order valence-corrected chi connectivity index (χ2v) is 4.18. The summed E-state index contributed by atoms with van der Waals surface area (Å²) >= 11 is 0. The van der Waals surface area contributed by atoms with E-state index in [0.29, 0.717) is 12.5 Å². The average Bonchev–Trinajstić information content (AvgIpc) is 2.51. The largest absolute Gasteiger partial charge is 0.393 e. The maximum absolute atomic E-state index is 11.2. The van der Waals surface area contributed by atoms with Gasteiger partial charge >= 0.3 is 0 Å². The lowest BCUT2D eigenvalue weighted by Gasteiger charge is -2.16. The number of carbonyl (C=O) groups is 1. The van der Waals surface area contributed by atoms with E-state index in [4.69, 9.17) is 0 Å². The lowest BCUT2D eigenvalue weighted by atomic mass is 10.1. The maximum Gasteiger partial charge on any atom is 0.236 e. The molecule has 0 aromatic carbocycles. The third-order valence-electron chi connectivity index (χ3n) is 2.80. The summed E-state index contributed by atoms with van der Waals surface area (Å²) in [6, 6.07) is 0. The Labute approximate surface area is 85.3 Å². The lowest BCUT2D eigenvalue weighted by Crippen LogP contribution is -2.36. The van der Waals surface area contributed by atoms with Gasteiger partial charge in [0.25, 0.3) is 0 Å². The van der Waals surface area contributed by atoms with Crippen molar-refractivity contribution in [1.82, 2.24) is 10.2 Å². The van der Waals surface area contributed by atoms with Gasteiger partial charge in [-0.1, -0.05) is 6.42 Å². The van der Waals surface area contributed by atoms with Crippen LogP contribution in [-0.2, 0) is 4.79 Å².